The molecule has 0 radical (unpaired) electrons. The van der Waals surface area contributed by atoms with Gasteiger partial charge in [0.2, 0.25) is 0 Å². The van der Waals surface area contributed by atoms with Gasteiger partial charge >= 0.3 is 0 Å². The van der Waals surface area contributed by atoms with Gasteiger partial charge in [-0.3, -0.25) is 0 Å². The lowest BCUT2D eigenvalue weighted by Crippen LogP contribution is -2.25. The Morgan fingerprint density at radius 3 is 1.57 bits per heavy atom. The summed E-state index contributed by atoms with van der Waals surface area (Å²) in [7, 11) is 0. The molecule has 0 fully saturated rings. The van der Waals surface area contributed by atoms with E-state index in [1.54, 1.807) is 0 Å². The van der Waals surface area contributed by atoms with Crippen molar-refractivity contribution in [3.8, 4) is 61.7 Å². The van der Waals surface area contributed by atoms with Gasteiger partial charge in [-0.25, -0.2) is 0 Å². The number of hydrogen-bond acceptors (Lipinski definition) is 2. The summed E-state index contributed by atoms with van der Waals surface area (Å²) in [4.78, 5) is 0. The third-order valence-corrected chi connectivity index (χ3v) is 14.8. The molecule has 13 rings (SSSR count). The fourth-order valence-corrected chi connectivity index (χ4v) is 12.3. The van der Waals surface area contributed by atoms with E-state index >= 15 is 0 Å². The Balaban J connectivity index is 1.11. The van der Waals surface area contributed by atoms with Crippen molar-refractivity contribution in [1.29, 1.82) is 5.26 Å². The summed E-state index contributed by atoms with van der Waals surface area (Å²) < 4.78 is 2.60. The zero-order valence-electron chi connectivity index (χ0n) is 33.3. The van der Waals surface area contributed by atoms with Crippen LogP contribution in [0.4, 0.5) is 0 Å². The van der Waals surface area contributed by atoms with Crippen molar-refractivity contribution in [2.75, 3.05) is 0 Å². The van der Waals surface area contributed by atoms with Gasteiger partial charge in [-0.1, -0.05) is 175 Å². The van der Waals surface area contributed by atoms with Gasteiger partial charge in [0.1, 0.15) is 0 Å². The maximum atomic E-state index is 9.42. The molecule has 2 aliphatic carbocycles. The SMILES string of the molecule is Cc1ccc(-c2c3ccccc3c(-c3ccc4c(c3)C3(c5ccccc5-c5ccccc53)c3ccc5c(sc6cc(-c7ccc(C#N)cc7)ccc65)c3-4)c3ccccc23)cc1. The predicted octanol–water partition coefficient (Wildman–Crippen LogP) is 15.9. The Labute approximate surface area is 358 Å². The highest BCUT2D eigenvalue weighted by Gasteiger charge is 2.52. The van der Waals surface area contributed by atoms with Gasteiger partial charge in [-0.05, 0) is 125 Å². The van der Waals surface area contributed by atoms with E-state index in [-0.39, 0.29) is 0 Å². The predicted molar refractivity (Wildman–Crippen MR) is 256 cm³/mol. The first-order valence-electron chi connectivity index (χ1n) is 21.0. The number of nitrogens with zero attached hydrogens (tertiary/aromatic N) is 1. The van der Waals surface area contributed by atoms with E-state index in [0.29, 0.717) is 5.56 Å². The van der Waals surface area contributed by atoms with Crippen molar-refractivity contribution in [1.82, 2.24) is 0 Å². The van der Waals surface area contributed by atoms with E-state index in [2.05, 4.69) is 195 Å². The summed E-state index contributed by atoms with van der Waals surface area (Å²) in [5.74, 6) is 0. The molecule has 0 saturated carbocycles. The fraction of sp³-hybridized carbons (Fsp3) is 0.0339. The highest BCUT2D eigenvalue weighted by atomic mass is 32.1. The lowest BCUT2D eigenvalue weighted by Gasteiger charge is -2.31. The van der Waals surface area contributed by atoms with Crippen LogP contribution in [0, 0.1) is 18.3 Å². The zero-order chi connectivity index (χ0) is 40.4. The molecule has 0 unspecified atom stereocenters. The van der Waals surface area contributed by atoms with Crippen LogP contribution in [0.5, 0.6) is 0 Å². The van der Waals surface area contributed by atoms with Crippen LogP contribution in [0.3, 0.4) is 0 Å². The largest absolute Gasteiger partial charge is 0.192 e. The minimum Gasteiger partial charge on any atom is -0.192 e. The molecule has 1 nitrogen and oxygen atoms in total. The third kappa shape index (κ3) is 4.64. The molecule has 0 atom stereocenters. The van der Waals surface area contributed by atoms with Crippen molar-refractivity contribution < 1.29 is 0 Å². The van der Waals surface area contributed by atoms with Gasteiger partial charge in [-0.2, -0.15) is 5.26 Å². The van der Waals surface area contributed by atoms with Crippen LogP contribution in [-0.2, 0) is 5.41 Å². The van der Waals surface area contributed by atoms with E-state index in [4.69, 9.17) is 0 Å². The van der Waals surface area contributed by atoms with Crippen LogP contribution in [0.1, 0.15) is 33.4 Å². The summed E-state index contributed by atoms with van der Waals surface area (Å²) in [6.45, 7) is 2.16. The Hall–Kier alpha value is -7.57. The van der Waals surface area contributed by atoms with Crippen LogP contribution >= 0.6 is 11.3 Å². The van der Waals surface area contributed by atoms with Crippen molar-refractivity contribution >= 4 is 53.1 Å². The third-order valence-electron chi connectivity index (χ3n) is 13.6. The van der Waals surface area contributed by atoms with Gasteiger partial charge in [0.15, 0.2) is 0 Å². The first-order chi connectivity index (χ1) is 30.1. The molecule has 11 aromatic rings. The normalized spacial score (nSPS) is 13.1. The molecule has 0 saturated heterocycles. The standard InChI is InChI=1S/C59H35NS/c1-35-18-22-38(23-19-35)55-44-12-2-4-14-46(44)56(47-15-5-3-13-45(47)55)40-27-29-49-53(32-40)59(50-16-8-6-10-41(50)42-11-7-9-17-51(42)59)52-31-30-48-43-28-26-39(33-54(43)61-58(48)57(49)52)37-24-20-36(34-60)21-25-37/h2-33H,1H3. The molecule has 0 amide bonds. The number of aryl methyl sites for hydroxylation is 1. The molecule has 0 aliphatic heterocycles. The quantitative estimate of drug-likeness (QED) is 0.164. The lowest BCUT2D eigenvalue weighted by atomic mass is 9.70. The van der Waals surface area contributed by atoms with Crippen LogP contribution < -0.4 is 0 Å². The van der Waals surface area contributed by atoms with Crippen LogP contribution in [0.15, 0.2) is 194 Å². The number of rotatable bonds is 3. The van der Waals surface area contributed by atoms with E-state index in [1.807, 2.05) is 23.5 Å². The molecule has 61 heavy (non-hydrogen) atoms. The molecule has 282 valence electrons. The molecule has 0 bridgehead atoms. The van der Waals surface area contributed by atoms with Gasteiger partial charge in [0.05, 0.1) is 17.0 Å². The van der Waals surface area contributed by atoms with Crippen molar-refractivity contribution in [3.05, 3.63) is 228 Å². The summed E-state index contributed by atoms with van der Waals surface area (Å²) in [6, 6.07) is 74.5. The lowest BCUT2D eigenvalue weighted by molar-refractivity contribution is 0.795. The molecular formula is C59H35NS. The topological polar surface area (TPSA) is 23.8 Å². The molecule has 2 heteroatoms. The fourth-order valence-electron chi connectivity index (χ4n) is 11.0. The average Bonchev–Trinajstić information content (AvgIpc) is 3.94. The number of fused-ring (bicyclic) bond motifs is 16. The van der Waals surface area contributed by atoms with E-state index < -0.39 is 5.41 Å². The summed E-state index contributed by atoms with van der Waals surface area (Å²) in [6.07, 6.45) is 0. The zero-order valence-corrected chi connectivity index (χ0v) is 34.1. The Morgan fingerprint density at radius 2 is 0.934 bits per heavy atom. The Morgan fingerprint density at radius 1 is 0.393 bits per heavy atom. The molecule has 2 aliphatic rings. The molecule has 10 aromatic carbocycles. The van der Waals surface area contributed by atoms with Gasteiger partial charge in [0.25, 0.3) is 0 Å². The molecule has 0 N–H and O–H groups in total. The minimum absolute atomic E-state index is 0.487. The van der Waals surface area contributed by atoms with Gasteiger partial charge in [-0.15, -0.1) is 11.3 Å². The maximum absolute atomic E-state index is 9.42. The maximum Gasteiger partial charge on any atom is 0.0991 e. The minimum atomic E-state index is -0.487. The second-order valence-electron chi connectivity index (χ2n) is 16.7. The number of nitriles is 1. The highest BCUT2D eigenvalue weighted by molar-refractivity contribution is 7.26. The van der Waals surface area contributed by atoms with E-state index in [1.165, 1.54) is 114 Å². The molecule has 1 heterocycles. The van der Waals surface area contributed by atoms with Crippen LogP contribution in [0.2, 0.25) is 0 Å². The first kappa shape index (κ1) is 34.3. The van der Waals surface area contributed by atoms with Crippen molar-refractivity contribution in [3.63, 3.8) is 0 Å². The second-order valence-corrected chi connectivity index (χ2v) is 17.7. The summed E-state index contributed by atoms with van der Waals surface area (Å²) in [5.41, 5.74) is 19.4. The Kier molecular flexibility index (Phi) is 7.15. The molecule has 1 aromatic heterocycles. The number of thiophene rings is 1. The van der Waals surface area contributed by atoms with Crippen molar-refractivity contribution in [2.24, 2.45) is 0 Å². The van der Waals surface area contributed by atoms with E-state index in [9.17, 15) is 5.26 Å². The highest BCUT2D eigenvalue weighted by Crippen LogP contribution is 2.65. The number of benzene rings is 10. The summed E-state index contributed by atoms with van der Waals surface area (Å²) >= 11 is 1.90. The molecular weight excluding hydrogens is 755 g/mol. The average molecular weight is 790 g/mol. The first-order valence-corrected chi connectivity index (χ1v) is 21.8. The summed E-state index contributed by atoms with van der Waals surface area (Å²) in [5, 5.41) is 17.0. The molecule has 1 spiro atoms. The Bertz CT molecular complexity index is 3610. The monoisotopic (exact) mass is 789 g/mol. The smallest absolute Gasteiger partial charge is 0.0991 e. The second kappa shape index (κ2) is 12.7. The van der Waals surface area contributed by atoms with Gasteiger partial charge in [0, 0.05) is 25.7 Å². The van der Waals surface area contributed by atoms with Crippen LogP contribution in [-0.4, -0.2) is 0 Å². The van der Waals surface area contributed by atoms with Gasteiger partial charge < -0.3 is 0 Å². The number of hydrogen-bond donors (Lipinski definition) is 0. The van der Waals surface area contributed by atoms with E-state index in [0.717, 1.165) is 11.1 Å². The van der Waals surface area contributed by atoms with Crippen LogP contribution in [0.25, 0.3) is 97.4 Å². The van der Waals surface area contributed by atoms with Crippen molar-refractivity contribution in [2.45, 2.75) is 12.3 Å².